The fraction of sp³-hybridized carbons (Fsp3) is 0.0625. The summed E-state index contributed by atoms with van der Waals surface area (Å²) in [5.74, 6) is -1.06. The highest BCUT2D eigenvalue weighted by Gasteiger charge is 2.13. The summed E-state index contributed by atoms with van der Waals surface area (Å²) >= 11 is 0. The first-order valence-electron chi connectivity index (χ1n) is 6.39. The van der Waals surface area contributed by atoms with Gasteiger partial charge >= 0.3 is 0 Å². The predicted molar refractivity (Wildman–Crippen MR) is 76.7 cm³/mol. The Hall–Kier alpha value is -2.82. The second-order valence-corrected chi connectivity index (χ2v) is 4.60. The Morgan fingerprint density at radius 2 is 1.81 bits per heavy atom. The molecule has 3 rings (SSSR count). The molecule has 0 saturated carbocycles. The van der Waals surface area contributed by atoms with Gasteiger partial charge in [-0.3, -0.25) is 14.2 Å². The summed E-state index contributed by atoms with van der Waals surface area (Å²) < 4.78 is 14.8. The van der Waals surface area contributed by atoms with E-state index in [1.807, 2.05) is 0 Å². The second-order valence-electron chi connectivity index (χ2n) is 4.60. The molecule has 0 aliphatic rings. The maximum Gasteiger partial charge on any atom is 0.261 e. The quantitative estimate of drug-likeness (QED) is 0.693. The van der Waals surface area contributed by atoms with Crippen LogP contribution in [0.3, 0.4) is 0 Å². The molecular weight excluding hydrogens is 271 g/mol. The van der Waals surface area contributed by atoms with Crippen molar-refractivity contribution < 1.29 is 9.18 Å². The van der Waals surface area contributed by atoms with Gasteiger partial charge in [-0.2, -0.15) is 0 Å². The molecule has 4 nitrogen and oxygen atoms in total. The van der Waals surface area contributed by atoms with Crippen LogP contribution in [-0.4, -0.2) is 15.3 Å². The zero-order chi connectivity index (χ0) is 14.8. The second kappa shape index (κ2) is 5.28. The summed E-state index contributed by atoms with van der Waals surface area (Å²) in [6, 6.07) is 12.6. The van der Waals surface area contributed by atoms with Gasteiger partial charge in [0.2, 0.25) is 0 Å². The van der Waals surface area contributed by atoms with Gasteiger partial charge in [0.15, 0.2) is 5.78 Å². The number of ketones is 1. The van der Waals surface area contributed by atoms with Gasteiger partial charge < -0.3 is 0 Å². The molecule has 0 N–H and O–H groups in total. The fourth-order valence-electron chi connectivity index (χ4n) is 2.15. The summed E-state index contributed by atoms with van der Waals surface area (Å²) in [4.78, 5) is 28.5. The summed E-state index contributed by atoms with van der Waals surface area (Å²) in [5.41, 5.74) is 0.222. The molecule has 0 radical (unpaired) electrons. The van der Waals surface area contributed by atoms with Crippen molar-refractivity contribution in [2.24, 2.45) is 0 Å². The lowest BCUT2D eigenvalue weighted by Crippen LogP contribution is -2.25. The number of halogens is 1. The number of rotatable bonds is 3. The molecule has 0 atom stereocenters. The number of Topliss-reactive ketones (excluding diaryl/α,β-unsaturated/α-hetero) is 1. The van der Waals surface area contributed by atoms with Gasteiger partial charge in [-0.05, 0) is 24.3 Å². The lowest BCUT2D eigenvalue weighted by Gasteiger charge is -2.06. The molecule has 21 heavy (non-hydrogen) atoms. The third-order valence-corrected chi connectivity index (χ3v) is 3.22. The molecule has 1 aromatic heterocycles. The first kappa shape index (κ1) is 13.2. The number of para-hydroxylation sites is 1. The third kappa shape index (κ3) is 2.45. The smallest absolute Gasteiger partial charge is 0.261 e. The number of carbonyl (C=O) groups excluding carboxylic acids is 1. The van der Waals surface area contributed by atoms with E-state index in [2.05, 4.69) is 4.98 Å². The van der Waals surface area contributed by atoms with Gasteiger partial charge in [0.25, 0.3) is 5.56 Å². The number of hydrogen-bond acceptors (Lipinski definition) is 3. The van der Waals surface area contributed by atoms with E-state index in [-0.39, 0.29) is 17.7 Å². The van der Waals surface area contributed by atoms with Crippen LogP contribution < -0.4 is 5.56 Å². The number of hydrogen-bond donors (Lipinski definition) is 0. The molecule has 3 aromatic rings. The third-order valence-electron chi connectivity index (χ3n) is 3.22. The summed E-state index contributed by atoms with van der Waals surface area (Å²) in [7, 11) is 0. The molecule has 0 unspecified atom stereocenters. The van der Waals surface area contributed by atoms with Crippen LogP contribution in [0, 0.1) is 5.82 Å². The molecule has 0 amide bonds. The van der Waals surface area contributed by atoms with Crippen molar-refractivity contribution in [1.29, 1.82) is 0 Å². The highest BCUT2D eigenvalue weighted by atomic mass is 19.1. The van der Waals surface area contributed by atoms with E-state index in [1.165, 1.54) is 29.1 Å². The number of nitrogens with zero attached hydrogens (tertiary/aromatic N) is 2. The van der Waals surface area contributed by atoms with Gasteiger partial charge in [0, 0.05) is 0 Å². The van der Waals surface area contributed by atoms with Crippen molar-refractivity contribution in [3.05, 3.63) is 76.6 Å². The van der Waals surface area contributed by atoms with Gasteiger partial charge in [0.05, 0.1) is 29.3 Å². The van der Waals surface area contributed by atoms with Crippen molar-refractivity contribution >= 4 is 16.7 Å². The summed E-state index contributed by atoms with van der Waals surface area (Å²) in [6.07, 6.45) is 1.31. The molecular formula is C16H11FN2O2. The minimum Gasteiger partial charge on any atom is -0.292 e. The van der Waals surface area contributed by atoms with Crippen molar-refractivity contribution in [3.63, 3.8) is 0 Å². The monoisotopic (exact) mass is 282 g/mol. The van der Waals surface area contributed by atoms with Gasteiger partial charge in [-0.25, -0.2) is 9.37 Å². The maximum absolute atomic E-state index is 13.6. The zero-order valence-electron chi connectivity index (χ0n) is 11.0. The Balaban J connectivity index is 1.99. The molecule has 0 aliphatic carbocycles. The number of aromatic nitrogens is 2. The van der Waals surface area contributed by atoms with Crippen LogP contribution in [0.1, 0.15) is 10.4 Å². The van der Waals surface area contributed by atoms with Crippen molar-refractivity contribution in [2.75, 3.05) is 0 Å². The van der Waals surface area contributed by atoms with E-state index in [0.717, 1.165) is 0 Å². The average molecular weight is 282 g/mol. The predicted octanol–water partition coefficient (Wildman–Crippen LogP) is 2.42. The zero-order valence-corrected chi connectivity index (χ0v) is 11.0. The van der Waals surface area contributed by atoms with Crippen LogP contribution >= 0.6 is 0 Å². The fourth-order valence-corrected chi connectivity index (χ4v) is 2.15. The molecule has 104 valence electrons. The lowest BCUT2D eigenvalue weighted by molar-refractivity contribution is 0.0966. The molecule has 0 aliphatic heterocycles. The van der Waals surface area contributed by atoms with E-state index >= 15 is 0 Å². The molecule has 0 fully saturated rings. The Labute approximate surface area is 119 Å². The van der Waals surface area contributed by atoms with Gasteiger partial charge in [-0.1, -0.05) is 24.3 Å². The minimum atomic E-state index is -0.593. The molecule has 0 saturated heterocycles. The normalized spacial score (nSPS) is 10.7. The molecule has 0 spiro atoms. The lowest BCUT2D eigenvalue weighted by atomic mass is 10.1. The molecule has 5 heteroatoms. The van der Waals surface area contributed by atoms with Crippen molar-refractivity contribution in [1.82, 2.24) is 9.55 Å². The van der Waals surface area contributed by atoms with E-state index in [4.69, 9.17) is 0 Å². The van der Waals surface area contributed by atoms with Crippen LogP contribution in [0.15, 0.2) is 59.7 Å². The first-order valence-corrected chi connectivity index (χ1v) is 6.39. The maximum atomic E-state index is 13.6. The standard InChI is InChI=1S/C16H11FN2O2/c17-13-7-3-1-5-11(13)15(20)9-19-10-18-14-8-4-2-6-12(14)16(19)21/h1-8,10H,9H2. The van der Waals surface area contributed by atoms with Crippen LogP contribution in [0.4, 0.5) is 4.39 Å². The Kier molecular flexibility index (Phi) is 3.31. The topological polar surface area (TPSA) is 52.0 Å². The van der Waals surface area contributed by atoms with Crippen molar-refractivity contribution in [3.8, 4) is 0 Å². The van der Waals surface area contributed by atoms with Gasteiger partial charge in [0.1, 0.15) is 5.82 Å². The van der Waals surface area contributed by atoms with Crippen LogP contribution in [0.5, 0.6) is 0 Å². The van der Waals surface area contributed by atoms with Crippen LogP contribution in [0.2, 0.25) is 0 Å². The molecule has 2 aromatic carbocycles. The number of benzene rings is 2. The number of fused-ring (bicyclic) bond motifs is 1. The van der Waals surface area contributed by atoms with E-state index in [9.17, 15) is 14.0 Å². The van der Waals surface area contributed by atoms with Crippen LogP contribution in [0.25, 0.3) is 10.9 Å². The van der Waals surface area contributed by atoms with E-state index in [0.29, 0.717) is 10.9 Å². The molecule has 0 bridgehead atoms. The average Bonchev–Trinajstić information content (AvgIpc) is 2.51. The Morgan fingerprint density at radius 1 is 1.10 bits per heavy atom. The highest BCUT2D eigenvalue weighted by molar-refractivity contribution is 5.96. The van der Waals surface area contributed by atoms with Crippen molar-refractivity contribution in [2.45, 2.75) is 6.54 Å². The molecule has 1 heterocycles. The largest absolute Gasteiger partial charge is 0.292 e. The Morgan fingerprint density at radius 3 is 2.62 bits per heavy atom. The van der Waals surface area contributed by atoms with E-state index < -0.39 is 11.6 Å². The summed E-state index contributed by atoms with van der Waals surface area (Å²) in [6.45, 7) is -0.238. The summed E-state index contributed by atoms with van der Waals surface area (Å²) in [5, 5.41) is 0.432. The minimum absolute atomic E-state index is 0.0300. The number of carbonyl (C=O) groups is 1. The first-order chi connectivity index (χ1) is 10.2. The van der Waals surface area contributed by atoms with E-state index in [1.54, 1.807) is 30.3 Å². The van der Waals surface area contributed by atoms with Crippen LogP contribution in [-0.2, 0) is 6.54 Å². The SMILES string of the molecule is O=C(Cn1cnc2ccccc2c1=O)c1ccccc1F. The Bertz CT molecular complexity index is 887. The van der Waals surface area contributed by atoms with Gasteiger partial charge in [-0.15, -0.1) is 0 Å². The highest BCUT2D eigenvalue weighted by Crippen LogP contribution is 2.09.